The number of nitrogens with zero attached hydrogens (tertiary/aromatic N) is 3. The number of carbonyl (C=O) groups excluding carboxylic acids is 1. The first kappa shape index (κ1) is 23.9. The van der Waals surface area contributed by atoms with Crippen LogP contribution in [0.3, 0.4) is 0 Å². The van der Waals surface area contributed by atoms with E-state index in [0.717, 1.165) is 30.2 Å². The molecule has 10 heteroatoms. The van der Waals surface area contributed by atoms with E-state index in [0.29, 0.717) is 33.1 Å². The van der Waals surface area contributed by atoms with Crippen LogP contribution in [0.4, 0.5) is 17.3 Å². The third-order valence-electron chi connectivity index (χ3n) is 5.03. The number of rotatable bonds is 8. The van der Waals surface area contributed by atoms with Crippen molar-refractivity contribution in [3.8, 4) is 0 Å². The van der Waals surface area contributed by atoms with Gasteiger partial charge in [0.25, 0.3) is 5.91 Å². The van der Waals surface area contributed by atoms with E-state index in [4.69, 9.17) is 28.1 Å². The highest BCUT2D eigenvalue weighted by Crippen LogP contribution is 2.30. The van der Waals surface area contributed by atoms with Gasteiger partial charge in [0.2, 0.25) is 0 Å². The van der Waals surface area contributed by atoms with Crippen LogP contribution in [0.5, 0.6) is 0 Å². The average Bonchev–Trinajstić information content (AvgIpc) is 2.73. The topological polar surface area (TPSA) is 122 Å². The zero-order valence-electron chi connectivity index (χ0n) is 18.7. The van der Waals surface area contributed by atoms with Gasteiger partial charge in [-0.15, -0.1) is 0 Å². The van der Waals surface area contributed by atoms with E-state index in [1.807, 2.05) is 37.3 Å². The molecular formula is C24H26ClN7OS. The molecule has 0 bridgehead atoms. The third-order valence-corrected chi connectivity index (χ3v) is 6.23. The van der Waals surface area contributed by atoms with Crippen LogP contribution in [0.15, 0.2) is 76.5 Å². The van der Waals surface area contributed by atoms with Crippen molar-refractivity contribution in [3.63, 3.8) is 0 Å². The van der Waals surface area contributed by atoms with Crippen LogP contribution < -0.4 is 27.0 Å². The van der Waals surface area contributed by atoms with E-state index in [1.165, 1.54) is 11.8 Å². The molecule has 6 N–H and O–H groups in total. The Balaban J connectivity index is 1.48. The van der Waals surface area contributed by atoms with Gasteiger partial charge in [-0.3, -0.25) is 4.79 Å². The van der Waals surface area contributed by atoms with Crippen LogP contribution >= 0.6 is 23.4 Å². The van der Waals surface area contributed by atoms with Crippen molar-refractivity contribution in [1.82, 2.24) is 9.97 Å². The van der Waals surface area contributed by atoms with Crippen LogP contribution in [0.1, 0.15) is 23.7 Å². The molecule has 1 atom stereocenters. The summed E-state index contributed by atoms with van der Waals surface area (Å²) in [4.78, 5) is 24.9. The predicted octanol–water partition coefficient (Wildman–Crippen LogP) is 4.30. The molecule has 1 amide bonds. The Morgan fingerprint density at radius 1 is 1.15 bits per heavy atom. The number of amides is 1. The van der Waals surface area contributed by atoms with Crippen molar-refractivity contribution in [1.29, 1.82) is 0 Å². The van der Waals surface area contributed by atoms with Gasteiger partial charge >= 0.3 is 0 Å². The maximum absolute atomic E-state index is 12.5. The lowest BCUT2D eigenvalue weighted by atomic mass is 10.2. The molecule has 1 aliphatic rings. The monoisotopic (exact) mass is 495 g/mol. The summed E-state index contributed by atoms with van der Waals surface area (Å²) in [5.74, 6) is 1.64. The number of nitrogens with two attached hydrogens (primary N) is 2. The Kier molecular flexibility index (Phi) is 7.56. The summed E-state index contributed by atoms with van der Waals surface area (Å²) in [6.45, 7) is 3.78. The zero-order valence-corrected chi connectivity index (χ0v) is 20.2. The fourth-order valence-corrected chi connectivity index (χ4v) is 4.25. The van der Waals surface area contributed by atoms with Crippen LogP contribution in [0, 0.1) is 0 Å². The van der Waals surface area contributed by atoms with Gasteiger partial charge in [0.05, 0.1) is 16.4 Å². The summed E-state index contributed by atoms with van der Waals surface area (Å²) in [7, 11) is 0. The van der Waals surface area contributed by atoms with Crippen LogP contribution in [-0.4, -0.2) is 35.0 Å². The van der Waals surface area contributed by atoms with Crippen molar-refractivity contribution < 1.29 is 4.79 Å². The van der Waals surface area contributed by atoms with Gasteiger partial charge in [0, 0.05) is 35.8 Å². The molecule has 2 heterocycles. The Hall–Kier alpha value is -3.27. The lowest BCUT2D eigenvalue weighted by molar-refractivity contribution is 0.102. The number of hydrogen-bond donors (Lipinski definition) is 4. The van der Waals surface area contributed by atoms with Gasteiger partial charge in [-0.25, -0.2) is 9.97 Å². The Bertz CT molecular complexity index is 1200. The number of halogens is 1. The second kappa shape index (κ2) is 10.8. The van der Waals surface area contributed by atoms with Crippen molar-refractivity contribution in [2.45, 2.75) is 29.4 Å². The first-order valence-electron chi connectivity index (χ1n) is 10.8. The van der Waals surface area contributed by atoms with Crippen molar-refractivity contribution in [3.05, 3.63) is 77.1 Å². The quantitative estimate of drug-likeness (QED) is 0.341. The molecule has 1 fully saturated rings. The summed E-state index contributed by atoms with van der Waals surface area (Å²) >= 11 is 7.54. The maximum atomic E-state index is 12.5. The Labute approximate surface area is 207 Å². The molecule has 0 aliphatic carbocycles. The first-order valence-corrected chi connectivity index (χ1v) is 12.0. The van der Waals surface area contributed by atoms with E-state index in [2.05, 4.69) is 20.5 Å². The average molecular weight is 496 g/mol. The lowest BCUT2D eigenvalue weighted by Crippen LogP contribution is -2.37. The van der Waals surface area contributed by atoms with Gasteiger partial charge in [0.1, 0.15) is 11.6 Å². The third kappa shape index (κ3) is 6.19. The van der Waals surface area contributed by atoms with E-state index in [-0.39, 0.29) is 11.9 Å². The second-order valence-electron chi connectivity index (χ2n) is 7.90. The van der Waals surface area contributed by atoms with Crippen molar-refractivity contribution in [2.75, 3.05) is 28.6 Å². The number of carbonyl (C=O) groups is 1. The van der Waals surface area contributed by atoms with Crippen molar-refractivity contribution in [2.24, 2.45) is 11.5 Å². The standard InChI is InChI=1S/C24H26ClN7OS/c1-15(26)13-20(27)29-21-14-22(32-11-4-12-32)31-24(30-21)34-17-9-7-16(8-10-17)28-23(33)18-5-2-3-6-19(18)25/h2-3,5-10,13-15H,4,11-12,26-27H2,1H3,(H,28,33)(H,29,30,31)/b20-13+. The van der Waals surface area contributed by atoms with E-state index in [1.54, 1.807) is 30.3 Å². The van der Waals surface area contributed by atoms with Gasteiger partial charge < -0.3 is 27.0 Å². The summed E-state index contributed by atoms with van der Waals surface area (Å²) in [6.07, 6.45) is 2.87. The molecule has 8 nitrogen and oxygen atoms in total. The molecule has 1 aliphatic heterocycles. The molecule has 0 saturated carbocycles. The molecule has 2 aromatic carbocycles. The summed E-state index contributed by atoms with van der Waals surface area (Å²) in [5, 5.41) is 6.97. The maximum Gasteiger partial charge on any atom is 0.257 e. The smallest absolute Gasteiger partial charge is 0.257 e. The number of nitrogens with one attached hydrogen (secondary N) is 2. The largest absolute Gasteiger partial charge is 0.385 e. The normalized spacial score (nSPS) is 14.3. The molecule has 0 spiro atoms. The molecule has 1 aromatic heterocycles. The van der Waals surface area contributed by atoms with E-state index >= 15 is 0 Å². The summed E-state index contributed by atoms with van der Waals surface area (Å²) in [5.41, 5.74) is 12.9. The molecular weight excluding hydrogens is 470 g/mol. The SMILES string of the molecule is CC(N)/C=C(\N)Nc1cc(N2CCC2)nc(Sc2ccc(NC(=O)c3ccccc3Cl)cc2)n1. The van der Waals surface area contributed by atoms with Gasteiger partial charge in [-0.2, -0.15) is 0 Å². The molecule has 0 radical (unpaired) electrons. The fraction of sp³-hybridized carbons (Fsp3) is 0.208. The second-order valence-corrected chi connectivity index (χ2v) is 9.35. The Morgan fingerprint density at radius 2 is 1.88 bits per heavy atom. The number of anilines is 3. The van der Waals surface area contributed by atoms with Gasteiger partial charge in [-0.1, -0.05) is 23.7 Å². The zero-order chi connectivity index (χ0) is 24.1. The summed E-state index contributed by atoms with van der Waals surface area (Å²) in [6, 6.07) is 16.1. The predicted molar refractivity (Wildman–Crippen MR) is 138 cm³/mol. The Morgan fingerprint density at radius 3 is 2.53 bits per heavy atom. The first-order chi connectivity index (χ1) is 16.4. The number of benzene rings is 2. The molecule has 1 saturated heterocycles. The molecule has 1 unspecified atom stereocenters. The van der Waals surface area contributed by atoms with Gasteiger partial charge in [0.15, 0.2) is 5.16 Å². The van der Waals surface area contributed by atoms with Crippen LogP contribution in [-0.2, 0) is 0 Å². The molecule has 3 aromatic rings. The summed E-state index contributed by atoms with van der Waals surface area (Å²) < 4.78 is 0. The minimum Gasteiger partial charge on any atom is -0.385 e. The van der Waals surface area contributed by atoms with Crippen LogP contribution in [0.2, 0.25) is 5.02 Å². The highest BCUT2D eigenvalue weighted by Gasteiger charge is 2.18. The van der Waals surface area contributed by atoms with Gasteiger partial charge in [-0.05, 0) is 67.6 Å². The van der Waals surface area contributed by atoms with E-state index in [9.17, 15) is 4.79 Å². The van der Waals surface area contributed by atoms with Crippen molar-refractivity contribution >= 4 is 46.6 Å². The molecule has 34 heavy (non-hydrogen) atoms. The fourth-order valence-electron chi connectivity index (χ4n) is 3.26. The van der Waals surface area contributed by atoms with E-state index < -0.39 is 0 Å². The number of hydrogen-bond acceptors (Lipinski definition) is 8. The molecule has 176 valence electrons. The highest BCUT2D eigenvalue weighted by molar-refractivity contribution is 7.99. The molecule has 4 rings (SSSR count). The lowest BCUT2D eigenvalue weighted by Gasteiger charge is -2.32. The number of aromatic nitrogens is 2. The minimum absolute atomic E-state index is 0.171. The minimum atomic E-state index is -0.259. The van der Waals surface area contributed by atoms with Crippen LogP contribution in [0.25, 0.3) is 0 Å². The highest BCUT2D eigenvalue weighted by atomic mass is 35.5.